The van der Waals surface area contributed by atoms with Gasteiger partial charge in [-0.3, -0.25) is 9.59 Å². The van der Waals surface area contributed by atoms with E-state index in [9.17, 15) is 9.59 Å². The Labute approximate surface area is 152 Å². The zero-order valence-corrected chi connectivity index (χ0v) is 14.7. The van der Waals surface area contributed by atoms with Gasteiger partial charge in [-0.05, 0) is 43.0 Å². The molecule has 6 heteroatoms. The van der Waals surface area contributed by atoms with Gasteiger partial charge in [-0.2, -0.15) is 10.2 Å². The van der Waals surface area contributed by atoms with Crippen molar-refractivity contribution in [3.63, 3.8) is 0 Å². The topological polar surface area (TPSA) is 107 Å². The average molecular weight is 350 g/mol. The van der Waals surface area contributed by atoms with Crippen molar-refractivity contribution in [2.75, 3.05) is 0 Å². The third-order valence-electron chi connectivity index (χ3n) is 4.38. The molecule has 2 N–H and O–H groups in total. The molecule has 0 fully saturated rings. The van der Waals surface area contributed by atoms with Crippen molar-refractivity contribution >= 4 is 22.9 Å². The molecule has 134 valence electrons. The Kier molecular flexibility index (Phi) is 7.02. The van der Waals surface area contributed by atoms with Crippen LogP contribution in [-0.4, -0.2) is 11.6 Å². The summed E-state index contributed by atoms with van der Waals surface area (Å²) in [7, 11) is 0. The molecule has 2 rings (SSSR count). The highest BCUT2D eigenvalue weighted by molar-refractivity contribution is 6.01. The summed E-state index contributed by atoms with van der Waals surface area (Å²) in [4.78, 5) is 24.7. The maximum Gasteiger partial charge on any atom is 0.165 e. The van der Waals surface area contributed by atoms with Crippen molar-refractivity contribution in [3.05, 3.63) is 59.7 Å². The Bertz CT molecular complexity index is 749. The largest absolute Gasteiger partial charge is 0.294 e. The molecule has 2 aromatic carbocycles. The van der Waals surface area contributed by atoms with Gasteiger partial charge in [-0.25, -0.2) is 11.1 Å². The van der Waals surface area contributed by atoms with E-state index in [1.165, 1.54) is 0 Å². The Hall–Kier alpha value is -3.02. The van der Waals surface area contributed by atoms with E-state index in [0.717, 1.165) is 0 Å². The van der Waals surface area contributed by atoms with E-state index in [2.05, 4.69) is 10.2 Å². The molecule has 0 radical (unpaired) electrons. The van der Waals surface area contributed by atoms with Gasteiger partial charge in [0.15, 0.2) is 11.6 Å². The minimum absolute atomic E-state index is 0.0341. The number of carbonyl (C=O) groups is 2. The highest BCUT2D eigenvalue weighted by atomic mass is 16.1. The summed E-state index contributed by atoms with van der Waals surface area (Å²) in [6.07, 6.45) is 2.06. The van der Waals surface area contributed by atoms with Crippen LogP contribution in [0.25, 0.3) is 0 Å². The molecular formula is C20H22N4O2. The number of carbonyl (C=O) groups excluding carboxylic acids is 2. The first kappa shape index (κ1) is 19.3. The maximum atomic E-state index is 12.3. The zero-order chi connectivity index (χ0) is 18.9. The molecule has 6 nitrogen and oxygen atoms in total. The molecule has 0 atom stereocenters. The van der Waals surface area contributed by atoms with Crippen LogP contribution in [0.1, 0.15) is 53.3 Å². The third-order valence-corrected chi connectivity index (χ3v) is 4.38. The molecule has 0 saturated heterocycles. The summed E-state index contributed by atoms with van der Waals surface area (Å²) in [6.45, 7) is 2.02. The number of nitrogens with one attached hydrogen (secondary N) is 2. The highest BCUT2D eigenvalue weighted by Gasteiger charge is 2.15. The van der Waals surface area contributed by atoms with E-state index >= 15 is 0 Å². The van der Waals surface area contributed by atoms with Crippen molar-refractivity contribution in [3.8, 4) is 0 Å². The summed E-state index contributed by atoms with van der Waals surface area (Å²) in [6, 6.07) is 13.7. The Morgan fingerprint density at radius 2 is 1.19 bits per heavy atom. The van der Waals surface area contributed by atoms with Crippen LogP contribution in [0.5, 0.6) is 0 Å². The summed E-state index contributed by atoms with van der Waals surface area (Å²) in [5, 5.41) is 6.78. The van der Waals surface area contributed by atoms with Gasteiger partial charge >= 0.3 is 0 Å². The lowest BCUT2D eigenvalue weighted by molar-refractivity contribution is 0.0969. The SMILES string of the molecule is CC(CCC(=O)c1ccccc1N=N)CCC(=O)c1ccccc1N=N. The minimum Gasteiger partial charge on any atom is -0.294 e. The molecule has 0 aliphatic carbocycles. The monoisotopic (exact) mass is 350 g/mol. The van der Waals surface area contributed by atoms with E-state index in [-0.39, 0.29) is 17.5 Å². The molecule has 0 amide bonds. The van der Waals surface area contributed by atoms with Crippen LogP contribution in [0.3, 0.4) is 0 Å². The maximum absolute atomic E-state index is 12.3. The van der Waals surface area contributed by atoms with Crippen LogP contribution < -0.4 is 0 Å². The number of nitrogens with zero attached hydrogens (tertiary/aromatic N) is 2. The van der Waals surface area contributed by atoms with Crippen molar-refractivity contribution in [1.29, 1.82) is 11.1 Å². The van der Waals surface area contributed by atoms with Gasteiger partial charge < -0.3 is 0 Å². The first-order valence-corrected chi connectivity index (χ1v) is 8.56. The standard InChI is InChI=1S/C20H22N4O2/c1-14(10-12-19(25)15-6-2-4-8-17(15)23-21)11-13-20(26)16-7-3-5-9-18(16)24-22/h2-9,14,21-22H,10-13H2,1H3. The molecule has 0 aliphatic rings. The van der Waals surface area contributed by atoms with Crippen molar-refractivity contribution in [2.24, 2.45) is 16.1 Å². The fourth-order valence-corrected chi connectivity index (χ4v) is 2.78. The molecule has 0 heterocycles. The molecule has 0 bridgehead atoms. The average Bonchev–Trinajstić information content (AvgIpc) is 2.69. The predicted octanol–water partition coefficient (Wildman–Crippen LogP) is 6.27. The molecule has 0 unspecified atom stereocenters. The van der Waals surface area contributed by atoms with E-state index in [1.54, 1.807) is 48.5 Å². The van der Waals surface area contributed by atoms with Crippen LogP contribution >= 0.6 is 0 Å². The Morgan fingerprint density at radius 3 is 1.58 bits per heavy atom. The van der Waals surface area contributed by atoms with Gasteiger partial charge in [0, 0.05) is 24.0 Å². The third kappa shape index (κ3) is 4.99. The number of benzene rings is 2. The lowest BCUT2D eigenvalue weighted by atomic mass is 9.93. The molecular weight excluding hydrogens is 328 g/mol. The van der Waals surface area contributed by atoms with E-state index in [1.807, 2.05) is 6.92 Å². The number of hydrogen-bond donors (Lipinski definition) is 2. The lowest BCUT2D eigenvalue weighted by Gasteiger charge is -2.11. The van der Waals surface area contributed by atoms with Crippen molar-refractivity contribution in [2.45, 2.75) is 32.6 Å². The smallest absolute Gasteiger partial charge is 0.165 e. The molecule has 26 heavy (non-hydrogen) atoms. The summed E-state index contributed by atoms with van der Waals surface area (Å²) < 4.78 is 0. The Balaban J connectivity index is 1.86. The van der Waals surface area contributed by atoms with Crippen LogP contribution in [0, 0.1) is 17.0 Å². The molecule has 0 aliphatic heterocycles. The fraction of sp³-hybridized carbons (Fsp3) is 0.300. The quantitative estimate of drug-likeness (QED) is 0.389. The fourth-order valence-electron chi connectivity index (χ4n) is 2.78. The molecule has 0 aromatic heterocycles. The van der Waals surface area contributed by atoms with Crippen LogP contribution in [-0.2, 0) is 0 Å². The number of para-hydroxylation sites is 2. The Morgan fingerprint density at radius 1 is 0.808 bits per heavy atom. The zero-order valence-electron chi connectivity index (χ0n) is 14.7. The van der Waals surface area contributed by atoms with Crippen molar-refractivity contribution in [1.82, 2.24) is 0 Å². The first-order valence-electron chi connectivity index (χ1n) is 8.56. The van der Waals surface area contributed by atoms with Crippen LogP contribution in [0.15, 0.2) is 58.8 Å². The van der Waals surface area contributed by atoms with E-state index in [4.69, 9.17) is 11.1 Å². The summed E-state index contributed by atoms with van der Waals surface area (Å²) >= 11 is 0. The molecule has 0 saturated carbocycles. The number of rotatable bonds is 10. The predicted molar refractivity (Wildman–Crippen MR) is 98.8 cm³/mol. The second-order valence-corrected chi connectivity index (χ2v) is 6.29. The van der Waals surface area contributed by atoms with Gasteiger partial charge in [0.05, 0.1) is 11.4 Å². The first-order chi connectivity index (χ1) is 12.6. The lowest BCUT2D eigenvalue weighted by Crippen LogP contribution is -2.06. The second-order valence-electron chi connectivity index (χ2n) is 6.29. The van der Waals surface area contributed by atoms with Gasteiger partial charge in [-0.1, -0.05) is 31.2 Å². The summed E-state index contributed by atoms with van der Waals surface area (Å²) in [5.74, 6) is 0.143. The van der Waals surface area contributed by atoms with Crippen LogP contribution in [0.2, 0.25) is 0 Å². The van der Waals surface area contributed by atoms with E-state index < -0.39 is 0 Å². The number of ketones is 2. The number of hydrogen-bond acceptors (Lipinski definition) is 6. The second kappa shape index (κ2) is 9.46. The van der Waals surface area contributed by atoms with Gasteiger partial charge in [0.1, 0.15) is 0 Å². The number of Topliss-reactive ketones (excluding diaryl/α,β-unsaturated/α-hetero) is 2. The van der Waals surface area contributed by atoms with Gasteiger partial charge in [0.2, 0.25) is 0 Å². The normalized spacial score (nSPS) is 11.6. The summed E-state index contributed by atoms with van der Waals surface area (Å²) in [5.41, 5.74) is 16.0. The van der Waals surface area contributed by atoms with Gasteiger partial charge in [-0.15, -0.1) is 0 Å². The minimum atomic E-state index is -0.0341. The molecule has 0 spiro atoms. The highest BCUT2D eigenvalue weighted by Crippen LogP contribution is 2.24. The van der Waals surface area contributed by atoms with Crippen LogP contribution in [0.4, 0.5) is 11.4 Å². The van der Waals surface area contributed by atoms with E-state index in [0.29, 0.717) is 48.2 Å². The van der Waals surface area contributed by atoms with Gasteiger partial charge in [0.25, 0.3) is 0 Å². The van der Waals surface area contributed by atoms with Crippen molar-refractivity contribution < 1.29 is 9.59 Å². The molecule has 2 aromatic rings.